The molecule has 0 aliphatic rings. The molecule has 0 aliphatic heterocycles. The van der Waals surface area contributed by atoms with Crippen LogP contribution in [0.4, 0.5) is 4.39 Å². The Bertz CT molecular complexity index is 698. The van der Waals surface area contributed by atoms with Gasteiger partial charge in [0.25, 0.3) is 10.0 Å². The smallest absolute Gasteiger partial charge is 0.274 e. The third kappa shape index (κ3) is 4.13. The Morgan fingerprint density at radius 1 is 1.14 bits per heavy atom. The van der Waals surface area contributed by atoms with Crippen LogP contribution >= 0.6 is 0 Å². The Balaban J connectivity index is 2.05. The minimum Gasteiger partial charge on any atom is -0.447 e. The van der Waals surface area contributed by atoms with E-state index in [1.807, 2.05) is 6.92 Å². The van der Waals surface area contributed by atoms with Crippen LogP contribution in [0.15, 0.2) is 45.9 Å². The number of furan rings is 1. The van der Waals surface area contributed by atoms with Crippen molar-refractivity contribution in [2.75, 3.05) is 6.54 Å². The standard InChI is InChI=1S/C14H17FN2O3S/c1-2-16-10-12-7-8-14(20-12)21(18,19)17-9-11-5-3-4-6-13(11)15/h3-8,16-17H,2,9-10H2,1H3. The van der Waals surface area contributed by atoms with Crippen LogP contribution in [0.2, 0.25) is 0 Å². The van der Waals surface area contributed by atoms with Gasteiger partial charge in [0.2, 0.25) is 5.09 Å². The minimum atomic E-state index is -3.79. The normalized spacial score (nSPS) is 11.7. The van der Waals surface area contributed by atoms with Crippen molar-refractivity contribution in [1.82, 2.24) is 10.0 Å². The third-order valence-corrected chi connectivity index (χ3v) is 4.14. The molecule has 0 saturated carbocycles. The van der Waals surface area contributed by atoms with Gasteiger partial charge in [-0.05, 0) is 24.7 Å². The van der Waals surface area contributed by atoms with Crippen LogP contribution in [-0.4, -0.2) is 15.0 Å². The summed E-state index contributed by atoms with van der Waals surface area (Å²) in [5, 5.41) is 2.86. The van der Waals surface area contributed by atoms with Crippen LogP contribution in [0.1, 0.15) is 18.2 Å². The molecule has 1 aromatic heterocycles. The number of sulfonamides is 1. The minimum absolute atomic E-state index is 0.127. The fraction of sp³-hybridized carbons (Fsp3) is 0.286. The van der Waals surface area contributed by atoms with Crippen LogP contribution in [0, 0.1) is 5.82 Å². The second kappa shape index (κ2) is 6.84. The average Bonchev–Trinajstić information content (AvgIpc) is 2.94. The van der Waals surface area contributed by atoms with E-state index in [0.717, 1.165) is 6.54 Å². The molecular weight excluding hydrogens is 295 g/mol. The molecular formula is C14H17FN2O3S. The summed E-state index contributed by atoms with van der Waals surface area (Å²) in [6, 6.07) is 8.99. The maximum Gasteiger partial charge on any atom is 0.274 e. The molecule has 0 saturated heterocycles. The fourth-order valence-electron chi connectivity index (χ4n) is 1.73. The van der Waals surface area contributed by atoms with E-state index in [1.54, 1.807) is 18.2 Å². The van der Waals surface area contributed by atoms with Crippen molar-refractivity contribution in [2.24, 2.45) is 0 Å². The van der Waals surface area contributed by atoms with Gasteiger partial charge < -0.3 is 9.73 Å². The van der Waals surface area contributed by atoms with Crippen LogP contribution < -0.4 is 10.0 Å². The Hall–Kier alpha value is -1.70. The highest BCUT2D eigenvalue weighted by Gasteiger charge is 2.19. The lowest BCUT2D eigenvalue weighted by molar-refractivity contribution is 0.401. The summed E-state index contributed by atoms with van der Waals surface area (Å²) >= 11 is 0. The van der Waals surface area contributed by atoms with E-state index in [2.05, 4.69) is 10.0 Å². The maximum atomic E-state index is 13.4. The molecule has 7 heteroatoms. The highest BCUT2D eigenvalue weighted by molar-refractivity contribution is 7.89. The molecule has 1 aromatic carbocycles. The first kappa shape index (κ1) is 15.7. The van der Waals surface area contributed by atoms with Crippen molar-refractivity contribution in [3.05, 3.63) is 53.5 Å². The Kier molecular flexibility index (Phi) is 5.11. The van der Waals surface area contributed by atoms with E-state index in [4.69, 9.17) is 4.42 Å². The van der Waals surface area contributed by atoms with Gasteiger partial charge in [-0.2, -0.15) is 0 Å². The molecule has 2 N–H and O–H groups in total. The van der Waals surface area contributed by atoms with Crippen molar-refractivity contribution >= 4 is 10.0 Å². The molecule has 2 aromatic rings. The van der Waals surface area contributed by atoms with Gasteiger partial charge in [0.1, 0.15) is 11.6 Å². The molecule has 1 heterocycles. The van der Waals surface area contributed by atoms with E-state index in [0.29, 0.717) is 12.3 Å². The average molecular weight is 312 g/mol. The molecule has 0 radical (unpaired) electrons. The molecule has 0 fully saturated rings. The van der Waals surface area contributed by atoms with E-state index in [1.165, 1.54) is 18.2 Å². The Morgan fingerprint density at radius 2 is 1.90 bits per heavy atom. The molecule has 0 bridgehead atoms. The molecule has 2 rings (SSSR count). The van der Waals surface area contributed by atoms with Crippen molar-refractivity contribution in [1.29, 1.82) is 0 Å². The van der Waals surface area contributed by atoms with Gasteiger partial charge >= 0.3 is 0 Å². The van der Waals surface area contributed by atoms with E-state index in [-0.39, 0.29) is 17.2 Å². The first-order valence-electron chi connectivity index (χ1n) is 6.55. The van der Waals surface area contributed by atoms with E-state index < -0.39 is 15.8 Å². The van der Waals surface area contributed by atoms with Crippen LogP contribution in [-0.2, 0) is 23.1 Å². The first-order valence-corrected chi connectivity index (χ1v) is 8.03. The van der Waals surface area contributed by atoms with Gasteiger partial charge in [-0.1, -0.05) is 25.1 Å². The SMILES string of the molecule is CCNCc1ccc(S(=O)(=O)NCc2ccccc2F)o1. The summed E-state index contributed by atoms with van der Waals surface area (Å²) in [5.74, 6) is 0.0793. The maximum absolute atomic E-state index is 13.4. The zero-order valence-corrected chi connectivity index (χ0v) is 12.4. The lowest BCUT2D eigenvalue weighted by atomic mass is 10.2. The van der Waals surface area contributed by atoms with Gasteiger partial charge in [-0.25, -0.2) is 17.5 Å². The Morgan fingerprint density at radius 3 is 2.62 bits per heavy atom. The van der Waals surface area contributed by atoms with Gasteiger partial charge in [0, 0.05) is 12.1 Å². The van der Waals surface area contributed by atoms with Gasteiger partial charge in [-0.3, -0.25) is 0 Å². The monoisotopic (exact) mass is 312 g/mol. The van der Waals surface area contributed by atoms with Crippen LogP contribution in [0.3, 0.4) is 0 Å². The van der Waals surface area contributed by atoms with Crippen LogP contribution in [0.5, 0.6) is 0 Å². The number of nitrogens with one attached hydrogen (secondary N) is 2. The Labute approximate surface area is 123 Å². The summed E-state index contributed by atoms with van der Waals surface area (Å²) in [6.07, 6.45) is 0. The largest absolute Gasteiger partial charge is 0.447 e. The third-order valence-electron chi connectivity index (χ3n) is 2.86. The van der Waals surface area contributed by atoms with E-state index >= 15 is 0 Å². The lowest BCUT2D eigenvalue weighted by Crippen LogP contribution is -2.23. The van der Waals surface area contributed by atoms with Crippen LogP contribution in [0.25, 0.3) is 0 Å². The second-order valence-corrected chi connectivity index (χ2v) is 6.11. The van der Waals surface area contributed by atoms with Crippen molar-refractivity contribution < 1.29 is 17.2 Å². The van der Waals surface area contributed by atoms with Crippen molar-refractivity contribution in [3.8, 4) is 0 Å². The molecule has 0 spiro atoms. The lowest BCUT2D eigenvalue weighted by Gasteiger charge is -2.05. The number of rotatable bonds is 7. The van der Waals surface area contributed by atoms with Gasteiger partial charge in [0.15, 0.2) is 0 Å². The predicted octanol–water partition coefficient (Wildman–Crippen LogP) is 2.01. The molecule has 0 unspecified atom stereocenters. The van der Waals surface area contributed by atoms with Gasteiger partial charge in [-0.15, -0.1) is 0 Å². The number of hydrogen-bond donors (Lipinski definition) is 2. The van der Waals surface area contributed by atoms with Gasteiger partial charge in [0.05, 0.1) is 6.54 Å². The topological polar surface area (TPSA) is 71.3 Å². The molecule has 0 atom stereocenters. The highest BCUT2D eigenvalue weighted by Crippen LogP contribution is 2.15. The number of halogens is 1. The number of hydrogen-bond acceptors (Lipinski definition) is 4. The summed E-state index contributed by atoms with van der Waals surface area (Å²) < 4.78 is 45.1. The second-order valence-electron chi connectivity index (χ2n) is 4.42. The van der Waals surface area contributed by atoms with E-state index in [9.17, 15) is 12.8 Å². The summed E-state index contributed by atoms with van der Waals surface area (Å²) in [5.41, 5.74) is 0.278. The summed E-state index contributed by atoms with van der Waals surface area (Å²) in [6.45, 7) is 3.03. The highest BCUT2D eigenvalue weighted by atomic mass is 32.2. The first-order chi connectivity index (χ1) is 10.0. The number of benzene rings is 1. The fourth-order valence-corrected chi connectivity index (χ4v) is 2.68. The molecule has 0 aliphatic carbocycles. The molecule has 5 nitrogen and oxygen atoms in total. The quantitative estimate of drug-likeness (QED) is 0.820. The molecule has 114 valence electrons. The zero-order valence-electron chi connectivity index (χ0n) is 11.6. The summed E-state index contributed by atoms with van der Waals surface area (Å²) in [4.78, 5) is 0. The van der Waals surface area contributed by atoms with Crippen molar-refractivity contribution in [2.45, 2.75) is 25.1 Å². The summed E-state index contributed by atoms with van der Waals surface area (Å²) in [7, 11) is -3.79. The van der Waals surface area contributed by atoms with Crippen molar-refractivity contribution in [3.63, 3.8) is 0 Å². The molecule has 21 heavy (non-hydrogen) atoms. The zero-order chi connectivity index (χ0) is 15.3. The molecule has 0 amide bonds. The predicted molar refractivity (Wildman–Crippen MR) is 76.5 cm³/mol.